The molecule has 1 aliphatic rings. The number of nitrogens with zero attached hydrogens (tertiary/aromatic N) is 2. The minimum Gasteiger partial charge on any atom is -0.362 e. The zero-order valence-corrected chi connectivity index (χ0v) is 14.6. The van der Waals surface area contributed by atoms with Crippen molar-refractivity contribution in [3.8, 4) is 0 Å². The van der Waals surface area contributed by atoms with Gasteiger partial charge in [0.25, 0.3) is 0 Å². The number of aromatic nitrogens is 1. The van der Waals surface area contributed by atoms with Gasteiger partial charge in [0.1, 0.15) is 0 Å². The van der Waals surface area contributed by atoms with Crippen LogP contribution in [0.15, 0.2) is 6.07 Å². The molecule has 0 radical (unpaired) electrons. The lowest BCUT2D eigenvalue weighted by atomic mass is 10.1. The van der Waals surface area contributed by atoms with E-state index < -0.39 is 0 Å². The first-order valence-electron chi connectivity index (χ1n) is 8.35. The van der Waals surface area contributed by atoms with Crippen molar-refractivity contribution >= 4 is 11.9 Å². The first-order chi connectivity index (χ1) is 10.9. The Hall–Kier alpha value is -1.98. The Morgan fingerprint density at radius 3 is 2.43 bits per heavy atom. The van der Waals surface area contributed by atoms with Crippen LogP contribution in [0.3, 0.4) is 0 Å². The highest BCUT2D eigenvalue weighted by Gasteiger charge is 2.22. The fourth-order valence-electron chi connectivity index (χ4n) is 2.95. The third-order valence-electron chi connectivity index (χ3n) is 4.15. The summed E-state index contributed by atoms with van der Waals surface area (Å²) in [6.07, 6.45) is 1.25. The fourth-order valence-corrected chi connectivity index (χ4v) is 2.95. The van der Waals surface area contributed by atoms with E-state index in [-0.39, 0.29) is 18.0 Å². The van der Waals surface area contributed by atoms with E-state index in [2.05, 4.69) is 10.3 Å². The quantitative estimate of drug-likeness (QED) is 0.892. The van der Waals surface area contributed by atoms with Gasteiger partial charge in [-0.2, -0.15) is 0 Å². The molecule has 0 atom stereocenters. The summed E-state index contributed by atoms with van der Waals surface area (Å²) >= 11 is 0. The van der Waals surface area contributed by atoms with Crippen molar-refractivity contribution in [2.45, 2.75) is 46.6 Å². The van der Waals surface area contributed by atoms with Crippen LogP contribution in [0.4, 0.5) is 4.79 Å². The number of nitrogens with one attached hydrogen (secondary N) is 2. The normalized spacial score (nSPS) is 15.7. The number of carbonyl (C=O) groups is 2. The summed E-state index contributed by atoms with van der Waals surface area (Å²) in [7, 11) is 0. The molecule has 1 saturated heterocycles. The lowest BCUT2D eigenvalue weighted by Gasteiger charge is -2.23. The Morgan fingerprint density at radius 2 is 1.83 bits per heavy atom. The van der Waals surface area contributed by atoms with Crippen LogP contribution in [0.5, 0.6) is 0 Å². The highest BCUT2D eigenvalue weighted by atomic mass is 16.2. The molecule has 0 spiro atoms. The van der Waals surface area contributed by atoms with Crippen molar-refractivity contribution in [2.75, 3.05) is 26.2 Å². The largest absolute Gasteiger partial charge is 0.362 e. The van der Waals surface area contributed by atoms with Gasteiger partial charge in [-0.15, -0.1) is 0 Å². The maximum Gasteiger partial charge on any atom is 0.317 e. The molecular weight excluding hydrogens is 292 g/mol. The molecule has 0 bridgehead atoms. The average molecular weight is 320 g/mol. The van der Waals surface area contributed by atoms with Crippen LogP contribution < -0.4 is 5.32 Å². The van der Waals surface area contributed by atoms with Crippen LogP contribution in [0.25, 0.3) is 0 Å². The Kier molecular flexibility index (Phi) is 5.69. The monoisotopic (exact) mass is 320 g/mol. The second-order valence-corrected chi connectivity index (χ2v) is 6.60. The Labute approximate surface area is 138 Å². The van der Waals surface area contributed by atoms with Gasteiger partial charge in [0.15, 0.2) is 0 Å². The number of aromatic amines is 1. The van der Waals surface area contributed by atoms with E-state index in [1.165, 1.54) is 0 Å². The molecule has 0 aliphatic carbocycles. The number of hydrogen-bond acceptors (Lipinski definition) is 2. The van der Waals surface area contributed by atoms with Crippen molar-refractivity contribution in [1.82, 2.24) is 20.1 Å². The maximum absolute atomic E-state index is 12.5. The van der Waals surface area contributed by atoms with Crippen molar-refractivity contribution in [2.24, 2.45) is 0 Å². The third-order valence-corrected chi connectivity index (χ3v) is 4.15. The van der Waals surface area contributed by atoms with E-state index in [1.807, 2.05) is 38.7 Å². The molecule has 2 N–H and O–H groups in total. The van der Waals surface area contributed by atoms with Crippen LogP contribution in [-0.2, 0) is 11.2 Å². The number of H-pyrrole nitrogens is 1. The van der Waals surface area contributed by atoms with Gasteiger partial charge in [0.05, 0.1) is 6.42 Å². The summed E-state index contributed by atoms with van der Waals surface area (Å²) in [5.74, 6) is 0.137. The summed E-state index contributed by atoms with van der Waals surface area (Å²) in [6.45, 7) is 10.5. The van der Waals surface area contributed by atoms with Gasteiger partial charge in [-0.25, -0.2) is 4.79 Å². The number of carbonyl (C=O) groups excluding carboxylic acids is 2. The standard InChI is InChI=1S/C17H28N4O2/c1-12(2)18-17(23)21-7-5-6-20(8-9-21)16(22)11-15-10-13(3)19-14(15)4/h10,12,19H,5-9,11H2,1-4H3,(H,18,23). The zero-order chi connectivity index (χ0) is 17.0. The predicted octanol–water partition coefficient (Wildman–Crippen LogP) is 1.83. The summed E-state index contributed by atoms with van der Waals surface area (Å²) in [6, 6.07) is 2.13. The molecule has 0 saturated carbocycles. The van der Waals surface area contributed by atoms with E-state index in [1.54, 1.807) is 4.90 Å². The van der Waals surface area contributed by atoms with Crippen LogP contribution >= 0.6 is 0 Å². The van der Waals surface area contributed by atoms with Crippen LogP contribution in [0.1, 0.15) is 37.2 Å². The number of aryl methyl sites for hydroxylation is 2. The Bertz CT molecular complexity index is 565. The van der Waals surface area contributed by atoms with Gasteiger partial charge in [0.2, 0.25) is 5.91 Å². The first-order valence-corrected chi connectivity index (χ1v) is 8.35. The van der Waals surface area contributed by atoms with E-state index in [4.69, 9.17) is 0 Å². The second kappa shape index (κ2) is 7.53. The smallest absolute Gasteiger partial charge is 0.317 e. The van der Waals surface area contributed by atoms with Crippen molar-refractivity contribution < 1.29 is 9.59 Å². The topological polar surface area (TPSA) is 68.4 Å². The van der Waals surface area contributed by atoms with Gasteiger partial charge in [-0.3, -0.25) is 4.79 Å². The van der Waals surface area contributed by atoms with E-state index in [0.29, 0.717) is 32.6 Å². The summed E-state index contributed by atoms with van der Waals surface area (Å²) < 4.78 is 0. The van der Waals surface area contributed by atoms with Crippen molar-refractivity contribution in [3.63, 3.8) is 0 Å². The molecule has 6 nitrogen and oxygen atoms in total. The molecule has 6 heteroatoms. The van der Waals surface area contributed by atoms with Gasteiger partial charge >= 0.3 is 6.03 Å². The Morgan fingerprint density at radius 1 is 1.17 bits per heavy atom. The molecule has 128 valence electrons. The molecule has 3 amide bonds. The number of rotatable bonds is 3. The number of amides is 3. The molecule has 1 aliphatic heterocycles. The van der Waals surface area contributed by atoms with Gasteiger partial charge in [-0.05, 0) is 45.7 Å². The lowest BCUT2D eigenvalue weighted by molar-refractivity contribution is -0.130. The highest BCUT2D eigenvalue weighted by molar-refractivity contribution is 5.79. The van der Waals surface area contributed by atoms with Crippen LogP contribution in [-0.4, -0.2) is 58.9 Å². The molecular formula is C17H28N4O2. The van der Waals surface area contributed by atoms with Gasteiger partial charge in [0, 0.05) is 43.6 Å². The number of hydrogen-bond donors (Lipinski definition) is 2. The number of urea groups is 1. The molecule has 0 aromatic carbocycles. The van der Waals surface area contributed by atoms with E-state index >= 15 is 0 Å². The lowest BCUT2D eigenvalue weighted by Crippen LogP contribution is -2.45. The molecule has 1 fully saturated rings. The molecule has 2 heterocycles. The molecule has 1 aromatic heterocycles. The Balaban J connectivity index is 1.91. The molecule has 1 aromatic rings. The van der Waals surface area contributed by atoms with E-state index in [9.17, 15) is 9.59 Å². The molecule has 23 heavy (non-hydrogen) atoms. The zero-order valence-electron chi connectivity index (χ0n) is 14.6. The van der Waals surface area contributed by atoms with Crippen molar-refractivity contribution in [3.05, 3.63) is 23.0 Å². The summed E-state index contributed by atoms with van der Waals surface area (Å²) in [5.41, 5.74) is 3.20. The van der Waals surface area contributed by atoms with Crippen molar-refractivity contribution in [1.29, 1.82) is 0 Å². The molecule has 0 unspecified atom stereocenters. The summed E-state index contributed by atoms with van der Waals surface area (Å²) in [4.78, 5) is 31.5. The average Bonchev–Trinajstić information content (AvgIpc) is 2.67. The van der Waals surface area contributed by atoms with Crippen LogP contribution in [0.2, 0.25) is 0 Å². The fraction of sp³-hybridized carbons (Fsp3) is 0.647. The minimum absolute atomic E-state index is 0.0357. The van der Waals surface area contributed by atoms with Gasteiger partial charge in [-0.1, -0.05) is 0 Å². The third kappa shape index (κ3) is 4.74. The highest BCUT2D eigenvalue weighted by Crippen LogP contribution is 2.13. The molecule has 2 rings (SSSR count). The maximum atomic E-state index is 12.5. The van der Waals surface area contributed by atoms with Crippen LogP contribution in [0, 0.1) is 13.8 Å². The first kappa shape index (κ1) is 17.4. The minimum atomic E-state index is -0.0357. The summed E-state index contributed by atoms with van der Waals surface area (Å²) in [5, 5.41) is 2.91. The van der Waals surface area contributed by atoms with E-state index in [0.717, 1.165) is 23.4 Å². The second-order valence-electron chi connectivity index (χ2n) is 6.60. The van der Waals surface area contributed by atoms with Gasteiger partial charge < -0.3 is 20.1 Å². The SMILES string of the molecule is Cc1cc(CC(=O)N2CCCN(C(=O)NC(C)C)CC2)c(C)[nH]1. The predicted molar refractivity (Wildman–Crippen MR) is 90.4 cm³/mol.